The summed E-state index contributed by atoms with van der Waals surface area (Å²) in [5, 5.41) is 11.7. The number of carbonyl (C=O) groups excluding carboxylic acids is 3. The number of aromatic nitrogens is 1. The fourth-order valence-corrected chi connectivity index (χ4v) is 5.89. The van der Waals surface area contributed by atoms with Gasteiger partial charge in [0.05, 0.1) is 28.8 Å². The van der Waals surface area contributed by atoms with Gasteiger partial charge in [0.25, 0.3) is 5.78 Å². The number of aliphatic hydroxyl groups is 1. The van der Waals surface area contributed by atoms with Crippen molar-refractivity contribution in [3.63, 3.8) is 0 Å². The molecular formula is C33H30N2O6S. The number of benzene rings is 3. The van der Waals surface area contributed by atoms with E-state index in [1.54, 1.807) is 55.5 Å². The van der Waals surface area contributed by atoms with Gasteiger partial charge in [-0.15, -0.1) is 0 Å². The third kappa shape index (κ3) is 5.69. The normalized spacial score (nSPS) is 16.1. The summed E-state index contributed by atoms with van der Waals surface area (Å²) in [6.07, 6.45) is 0. The van der Waals surface area contributed by atoms with E-state index in [2.05, 4.69) is 4.98 Å². The molecule has 0 spiro atoms. The van der Waals surface area contributed by atoms with Crippen molar-refractivity contribution in [1.82, 2.24) is 4.98 Å². The van der Waals surface area contributed by atoms with Crippen molar-refractivity contribution < 1.29 is 29.0 Å². The minimum absolute atomic E-state index is 0.0742. The van der Waals surface area contributed by atoms with Crippen LogP contribution >= 0.6 is 11.3 Å². The highest BCUT2D eigenvalue weighted by atomic mass is 32.1. The van der Waals surface area contributed by atoms with E-state index < -0.39 is 17.7 Å². The second kappa shape index (κ2) is 12.0. The molecule has 1 fully saturated rings. The zero-order chi connectivity index (χ0) is 30.0. The number of ketones is 2. The number of ether oxygens (including phenoxy) is 2. The standard InChI is InChI=1S/C33H30N2O6S/c1-5-40-25-13-9-23(10-14-25)28-27(30(38)32(39)35(28)33-34-20(3)31(42-33)21(4)36)29(37)24-11-15-26(16-12-24)41-18-22-8-6-7-19(2)17-22/h6-17,28,37H,5,18H2,1-4H3/b29-27+. The first-order valence-electron chi connectivity index (χ1n) is 13.5. The number of aliphatic hydroxyl groups excluding tert-OH is 1. The van der Waals surface area contributed by atoms with Crippen LogP contribution < -0.4 is 14.4 Å². The molecule has 1 unspecified atom stereocenters. The molecule has 214 valence electrons. The molecule has 0 radical (unpaired) electrons. The van der Waals surface area contributed by atoms with Crippen LogP contribution in [0.2, 0.25) is 0 Å². The summed E-state index contributed by atoms with van der Waals surface area (Å²) in [5.74, 6) is -0.967. The van der Waals surface area contributed by atoms with Crippen LogP contribution in [0.3, 0.4) is 0 Å². The molecule has 1 amide bonds. The molecule has 42 heavy (non-hydrogen) atoms. The molecule has 9 heteroatoms. The highest BCUT2D eigenvalue weighted by Gasteiger charge is 2.48. The van der Waals surface area contributed by atoms with Gasteiger partial charge in [-0.3, -0.25) is 19.3 Å². The molecule has 4 aromatic rings. The van der Waals surface area contributed by atoms with E-state index in [1.165, 1.54) is 11.8 Å². The fourth-order valence-electron chi connectivity index (χ4n) is 4.90. The van der Waals surface area contributed by atoms with Gasteiger partial charge < -0.3 is 14.6 Å². The summed E-state index contributed by atoms with van der Waals surface area (Å²) in [6, 6.07) is 20.7. The Labute approximate surface area is 247 Å². The summed E-state index contributed by atoms with van der Waals surface area (Å²) in [7, 11) is 0. The Morgan fingerprint density at radius 3 is 2.26 bits per heavy atom. The molecule has 3 aromatic carbocycles. The molecule has 1 aliphatic rings. The second-order valence-electron chi connectivity index (χ2n) is 9.94. The zero-order valence-electron chi connectivity index (χ0n) is 23.7. The first-order valence-corrected chi connectivity index (χ1v) is 14.3. The lowest BCUT2D eigenvalue weighted by Gasteiger charge is -2.23. The molecule has 0 saturated carbocycles. The van der Waals surface area contributed by atoms with E-state index in [0.29, 0.717) is 46.4 Å². The molecular weight excluding hydrogens is 552 g/mol. The van der Waals surface area contributed by atoms with Crippen LogP contribution in [0.1, 0.15) is 57.5 Å². The van der Waals surface area contributed by atoms with Crippen molar-refractivity contribution in [2.45, 2.75) is 40.3 Å². The van der Waals surface area contributed by atoms with Crippen molar-refractivity contribution in [2.75, 3.05) is 11.5 Å². The average Bonchev–Trinajstić information content (AvgIpc) is 3.49. The quantitative estimate of drug-likeness (QED) is 0.103. The van der Waals surface area contributed by atoms with Gasteiger partial charge in [-0.05, 0) is 68.3 Å². The van der Waals surface area contributed by atoms with Gasteiger partial charge in [-0.25, -0.2) is 4.98 Å². The lowest BCUT2D eigenvalue weighted by Crippen LogP contribution is -2.29. The number of hydrogen-bond acceptors (Lipinski definition) is 8. The van der Waals surface area contributed by atoms with Gasteiger partial charge in [-0.2, -0.15) is 0 Å². The summed E-state index contributed by atoms with van der Waals surface area (Å²) in [5.41, 5.74) is 3.50. The first-order chi connectivity index (χ1) is 20.2. The minimum atomic E-state index is -0.969. The number of hydrogen-bond donors (Lipinski definition) is 1. The second-order valence-corrected chi connectivity index (χ2v) is 10.9. The van der Waals surface area contributed by atoms with Crippen LogP contribution in [0, 0.1) is 13.8 Å². The van der Waals surface area contributed by atoms with Crippen LogP contribution in [0.15, 0.2) is 78.4 Å². The Morgan fingerprint density at radius 2 is 1.64 bits per heavy atom. The van der Waals surface area contributed by atoms with Crippen LogP contribution in [-0.4, -0.2) is 34.2 Å². The average molecular weight is 583 g/mol. The number of aryl methyl sites for hydroxylation is 2. The van der Waals surface area contributed by atoms with Gasteiger partial charge >= 0.3 is 5.91 Å². The molecule has 1 N–H and O–H groups in total. The van der Waals surface area contributed by atoms with E-state index in [0.717, 1.165) is 22.5 Å². The van der Waals surface area contributed by atoms with Crippen LogP contribution in [0.5, 0.6) is 11.5 Å². The van der Waals surface area contributed by atoms with E-state index in [4.69, 9.17) is 9.47 Å². The monoisotopic (exact) mass is 582 g/mol. The maximum Gasteiger partial charge on any atom is 0.301 e. The van der Waals surface area contributed by atoms with Crippen molar-refractivity contribution in [3.05, 3.63) is 111 Å². The van der Waals surface area contributed by atoms with Crippen LogP contribution in [0.4, 0.5) is 5.13 Å². The van der Waals surface area contributed by atoms with Crippen LogP contribution in [0.25, 0.3) is 5.76 Å². The van der Waals surface area contributed by atoms with E-state index in [9.17, 15) is 19.5 Å². The number of carbonyl (C=O) groups is 3. The number of nitrogens with zero attached hydrogens (tertiary/aromatic N) is 2. The predicted molar refractivity (Wildman–Crippen MR) is 161 cm³/mol. The zero-order valence-corrected chi connectivity index (χ0v) is 24.5. The Hall–Kier alpha value is -4.76. The van der Waals surface area contributed by atoms with Gasteiger partial charge in [0.15, 0.2) is 10.9 Å². The van der Waals surface area contributed by atoms with Crippen molar-refractivity contribution >= 4 is 39.7 Å². The third-order valence-corrected chi connectivity index (χ3v) is 8.14. The topological polar surface area (TPSA) is 106 Å². The van der Waals surface area contributed by atoms with Crippen molar-refractivity contribution in [1.29, 1.82) is 0 Å². The Kier molecular flexibility index (Phi) is 8.22. The Bertz CT molecular complexity index is 1690. The lowest BCUT2D eigenvalue weighted by atomic mass is 9.95. The smallest absolute Gasteiger partial charge is 0.301 e. The molecule has 8 nitrogen and oxygen atoms in total. The SMILES string of the molecule is CCOc1ccc(C2/C(=C(\O)c3ccc(OCc4cccc(C)c4)cc3)C(=O)C(=O)N2c2nc(C)c(C(C)=O)s2)cc1. The van der Waals surface area contributed by atoms with Crippen LogP contribution in [-0.2, 0) is 16.2 Å². The van der Waals surface area contributed by atoms with Crippen molar-refractivity contribution in [3.8, 4) is 11.5 Å². The van der Waals surface area contributed by atoms with E-state index in [1.807, 2.05) is 38.1 Å². The Morgan fingerprint density at radius 1 is 0.976 bits per heavy atom. The van der Waals surface area contributed by atoms with Crippen molar-refractivity contribution in [2.24, 2.45) is 0 Å². The molecule has 0 bridgehead atoms. The first kappa shape index (κ1) is 28.8. The summed E-state index contributed by atoms with van der Waals surface area (Å²) >= 11 is 1.04. The largest absolute Gasteiger partial charge is 0.507 e. The lowest BCUT2D eigenvalue weighted by molar-refractivity contribution is -0.132. The van der Waals surface area contributed by atoms with E-state index >= 15 is 0 Å². The van der Waals surface area contributed by atoms with Gasteiger partial charge in [0, 0.05) is 12.5 Å². The van der Waals surface area contributed by atoms with Gasteiger partial charge in [0.1, 0.15) is 23.9 Å². The summed E-state index contributed by atoms with van der Waals surface area (Å²) in [6.45, 7) is 7.86. The van der Waals surface area contributed by atoms with E-state index in [-0.39, 0.29) is 22.2 Å². The number of thiazole rings is 1. The predicted octanol–water partition coefficient (Wildman–Crippen LogP) is 6.57. The number of rotatable bonds is 9. The number of Topliss-reactive ketones (excluding diaryl/α,β-unsaturated/α-hetero) is 2. The summed E-state index contributed by atoms with van der Waals surface area (Å²) < 4.78 is 11.5. The molecule has 1 aromatic heterocycles. The molecule has 1 saturated heterocycles. The molecule has 1 aliphatic heterocycles. The molecule has 5 rings (SSSR count). The maximum absolute atomic E-state index is 13.5. The fraction of sp³-hybridized carbons (Fsp3) is 0.212. The highest BCUT2D eigenvalue weighted by molar-refractivity contribution is 7.18. The number of amides is 1. The molecule has 0 aliphatic carbocycles. The Balaban J connectivity index is 1.53. The third-order valence-electron chi connectivity index (χ3n) is 6.88. The molecule has 2 heterocycles. The van der Waals surface area contributed by atoms with Gasteiger partial charge in [-0.1, -0.05) is 53.3 Å². The minimum Gasteiger partial charge on any atom is -0.507 e. The number of anilines is 1. The highest BCUT2D eigenvalue weighted by Crippen LogP contribution is 2.44. The maximum atomic E-state index is 13.5. The molecule has 1 atom stereocenters. The summed E-state index contributed by atoms with van der Waals surface area (Å²) in [4.78, 5) is 45.2. The van der Waals surface area contributed by atoms with Gasteiger partial charge in [0.2, 0.25) is 0 Å².